The average molecular weight is 311 g/mol. The standard InChI is InChI=1S/C12H13Cl2NO2.ClH/c13-9-3-2-8(10(14)6-9)7-12(11(16)17)4-1-5-15-12;/h2-3,6,15H,1,4-5,7H2,(H,16,17);1H/t12-;/m1./s1. The summed E-state index contributed by atoms with van der Waals surface area (Å²) in [4.78, 5) is 11.4. The third-order valence-corrected chi connectivity index (χ3v) is 3.75. The fourth-order valence-electron chi connectivity index (χ4n) is 2.21. The fourth-order valence-corrected chi connectivity index (χ4v) is 2.68. The number of nitrogens with one attached hydrogen (secondary N) is 1. The van der Waals surface area contributed by atoms with E-state index in [1.165, 1.54) is 0 Å². The Bertz CT molecular complexity index is 445. The molecular weight excluding hydrogens is 296 g/mol. The molecule has 1 aliphatic rings. The molecule has 100 valence electrons. The maximum atomic E-state index is 11.4. The Labute approximate surface area is 122 Å². The molecule has 0 radical (unpaired) electrons. The number of carbonyl (C=O) groups is 1. The van der Waals surface area contributed by atoms with Crippen molar-refractivity contribution < 1.29 is 9.90 Å². The third-order valence-electron chi connectivity index (χ3n) is 3.16. The molecule has 3 nitrogen and oxygen atoms in total. The monoisotopic (exact) mass is 309 g/mol. The summed E-state index contributed by atoms with van der Waals surface area (Å²) >= 11 is 11.9. The summed E-state index contributed by atoms with van der Waals surface area (Å²) in [5.41, 5.74) is -0.0647. The molecule has 1 fully saturated rings. The van der Waals surface area contributed by atoms with Crippen LogP contribution in [0.25, 0.3) is 0 Å². The van der Waals surface area contributed by atoms with Crippen LogP contribution in [0.3, 0.4) is 0 Å². The number of benzene rings is 1. The first-order valence-electron chi connectivity index (χ1n) is 5.46. The van der Waals surface area contributed by atoms with Gasteiger partial charge < -0.3 is 10.4 Å². The molecule has 0 amide bonds. The maximum absolute atomic E-state index is 11.4. The number of carboxylic acids is 1. The molecule has 1 aliphatic heterocycles. The second-order valence-corrected chi connectivity index (χ2v) is 5.17. The van der Waals surface area contributed by atoms with Gasteiger partial charge in [0.05, 0.1) is 0 Å². The number of aliphatic carboxylic acids is 1. The highest BCUT2D eigenvalue weighted by Gasteiger charge is 2.41. The van der Waals surface area contributed by atoms with E-state index in [9.17, 15) is 9.90 Å². The molecule has 0 bridgehead atoms. The first-order chi connectivity index (χ1) is 8.03. The second kappa shape index (κ2) is 6.11. The topological polar surface area (TPSA) is 49.3 Å². The summed E-state index contributed by atoms with van der Waals surface area (Å²) in [5.74, 6) is -0.819. The molecule has 0 unspecified atom stereocenters. The van der Waals surface area contributed by atoms with Gasteiger partial charge in [0.2, 0.25) is 0 Å². The van der Waals surface area contributed by atoms with Gasteiger partial charge in [0.1, 0.15) is 5.54 Å². The van der Waals surface area contributed by atoms with Crippen LogP contribution >= 0.6 is 35.6 Å². The Hall–Kier alpha value is -0.480. The summed E-state index contributed by atoms with van der Waals surface area (Å²) in [6, 6.07) is 5.16. The number of hydrogen-bond acceptors (Lipinski definition) is 2. The summed E-state index contributed by atoms with van der Waals surface area (Å²) in [6.45, 7) is 0.734. The molecule has 0 aliphatic carbocycles. The molecule has 2 rings (SSSR count). The lowest BCUT2D eigenvalue weighted by atomic mass is 9.89. The van der Waals surface area contributed by atoms with Gasteiger partial charge in [-0.3, -0.25) is 4.79 Å². The van der Waals surface area contributed by atoms with E-state index in [4.69, 9.17) is 23.2 Å². The van der Waals surface area contributed by atoms with Gasteiger partial charge in [0.25, 0.3) is 0 Å². The van der Waals surface area contributed by atoms with Crippen molar-refractivity contribution in [2.24, 2.45) is 0 Å². The average Bonchev–Trinajstić information content (AvgIpc) is 2.72. The molecule has 2 N–H and O–H groups in total. The van der Waals surface area contributed by atoms with Crippen LogP contribution in [0.4, 0.5) is 0 Å². The molecule has 0 saturated carbocycles. The van der Waals surface area contributed by atoms with Crippen molar-refractivity contribution in [3.05, 3.63) is 33.8 Å². The zero-order valence-corrected chi connectivity index (χ0v) is 11.9. The number of halogens is 3. The van der Waals surface area contributed by atoms with E-state index in [2.05, 4.69) is 5.32 Å². The molecule has 0 aromatic heterocycles. The van der Waals surface area contributed by atoms with Gasteiger partial charge in [-0.1, -0.05) is 29.3 Å². The highest BCUT2D eigenvalue weighted by atomic mass is 35.5. The summed E-state index contributed by atoms with van der Waals surface area (Å²) in [5, 5.41) is 13.5. The largest absolute Gasteiger partial charge is 0.480 e. The minimum Gasteiger partial charge on any atom is -0.480 e. The summed E-state index contributed by atoms with van der Waals surface area (Å²) < 4.78 is 0. The van der Waals surface area contributed by atoms with Crippen LogP contribution in [0.15, 0.2) is 18.2 Å². The molecule has 0 spiro atoms. The van der Waals surface area contributed by atoms with Crippen molar-refractivity contribution in [1.82, 2.24) is 5.32 Å². The summed E-state index contributed by atoms with van der Waals surface area (Å²) in [7, 11) is 0. The van der Waals surface area contributed by atoms with Crippen molar-refractivity contribution in [3.63, 3.8) is 0 Å². The van der Waals surface area contributed by atoms with E-state index >= 15 is 0 Å². The van der Waals surface area contributed by atoms with Gasteiger partial charge in [-0.05, 0) is 37.1 Å². The SMILES string of the molecule is Cl.O=C(O)[C@]1(Cc2ccc(Cl)cc2Cl)CCCN1. The summed E-state index contributed by atoms with van der Waals surface area (Å²) in [6.07, 6.45) is 1.89. The molecule has 1 aromatic rings. The molecule has 1 atom stereocenters. The zero-order valence-electron chi connectivity index (χ0n) is 9.58. The molecular formula is C12H14Cl3NO2. The van der Waals surface area contributed by atoms with Crippen molar-refractivity contribution in [2.75, 3.05) is 6.54 Å². The van der Waals surface area contributed by atoms with Crippen molar-refractivity contribution in [2.45, 2.75) is 24.8 Å². The molecule has 1 saturated heterocycles. The van der Waals surface area contributed by atoms with E-state index in [0.717, 1.165) is 18.5 Å². The van der Waals surface area contributed by atoms with Crippen LogP contribution in [0, 0.1) is 0 Å². The lowest BCUT2D eigenvalue weighted by Gasteiger charge is -2.25. The predicted molar refractivity (Wildman–Crippen MR) is 75.0 cm³/mol. The Morgan fingerprint density at radius 3 is 2.67 bits per heavy atom. The Balaban J connectivity index is 0.00000162. The minimum atomic E-state index is -0.878. The zero-order chi connectivity index (χ0) is 12.5. The van der Waals surface area contributed by atoms with Crippen LogP contribution in [-0.4, -0.2) is 23.2 Å². The fraction of sp³-hybridized carbons (Fsp3) is 0.417. The van der Waals surface area contributed by atoms with Gasteiger partial charge in [-0.25, -0.2) is 0 Å². The molecule has 18 heavy (non-hydrogen) atoms. The van der Waals surface area contributed by atoms with Crippen molar-refractivity contribution in [1.29, 1.82) is 0 Å². The second-order valence-electron chi connectivity index (χ2n) is 4.33. The normalized spacial score (nSPS) is 22.6. The van der Waals surface area contributed by atoms with E-state index in [-0.39, 0.29) is 12.4 Å². The quantitative estimate of drug-likeness (QED) is 0.901. The highest BCUT2D eigenvalue weighted by molar-refractivity contribution is 6.35. The Morgan fingerprint density at radius 1 is 1.44 bits per heavy atom. The number of carboxylic acid groups (broad SMARTS) is 1. The lowest BCUT2D eigenvalue weighted by Crippen LogP contribution is -2.49. The van der Waals surface area contributed by atoms with Crippen LogP contribution < -0.4 is 5.32 Å². The van der Waals surface area contributed by atoms with Gasteiger partial charge in [0.15, 0.2) is 0 Å². The first-order valence-corrected chi connectivity index (χ1v) is 6.21. The van der Waals surface area contributed by atoms with Crippen LogP contribution in [0.1, 0.15) is 18.4 Å². The van der Waals surface area contributed by atoms with Crippen molar-refractivity contribution in [3.8, 4) is 0 Å². The van der Waals surface area contributed by atoms with E-state index in [1.807, 2.05) is 0 Å². The molecule has 6 heteroatoms. The number of hydrogen-bond donors (Lipinski definition) is 2. The number of rotatable bonds is 3. The Morgan fingerprint density at radius 2 is 2.17 bits per heavy atom. The maximum Gasteiger partial charge on any atom is 0.324 e. The van der Waals surface area contributed by atoms with E-state index < -0.39 is 11.5 Å². The minimum absolute atomic E-state index is 0. The van der Waals surface area contributed by atoms with Crippen LogP contribution in [0.2, 0.25) is 10.0 Å². The van der Waals surface area contributed by atoms with E-state index in [0.29, 0.717) is 22.9 Å². The van der Waals surface area contributed by atoms with Gasteiger partial charge in [-0.15, -0.1) is 12.4 Å². The van der Waals surface area contributed by atoms with Crippen LogP contribution in [0.5, 0.6) is 0 Å². The molecule has 1 heterocycles. The van der Waals surface area contributed by atoms with Gasteiger partial charge >= 0.3 is 5.97 Å². The third kappa shape index (κ3) is 3.09. The lowest BCUT2D eigenvalue weighted by molar-refractivity contribution is -0.144. The Kier molecular flexibility index (Phi) is 5.29. The smallest absolute Gasteiger partial charge is 0.324 e. The predicted octanol–water partition coefficient (Wildman–Crippen LogP) is 3.16. The highest BCUT2D eigenvalue weighted by Crippen LogP contribution is 2.29. The van der Waals surface area contributed by atoms with Gasteiger partial charge in [-0.2, -0.15) is 0 Å². The van der Waals surface area contributed by atoms with Crippen LogP contribution in [-0.2, 0) is 11.2 Å². The van der Waals surface area contributed by atoms with Crippen molar-refractivity contribution >= 4 is 41.6 Å². The first kappa shape index (κ1) is 15.6. The van der Waals surface area contributed by atoms with E-state index in [1.54, 1.807) is 18.2 Å². The molecule has 1 aromatic carbocycles. The van der Waals surface area contributed by atoms with Gasteiger partial charge in [0, 0.05) is 16.5 Å².